The van der Waals surface area contributed by atoms with Crippen LogP contribution in [0.1, 0.15) is 60.1 Å². The molecule has 3 N–H and O–H groups in total. The zero-order chi connectivity index (χ0) is 21.1. The maximum Gasteiger partial charge on any atom is 0.320 e. The van der Waals surface area contributed by atoms with Gasteiger partial charge in [-0.1, -0.05) is 20.8 Å². The highest BCUT2D eigenvalue weighted by molar-refractivity contribution is 5.88. The van der Waals surface area contributed by atoms with Crippen LogP contribution in [0.4, 0.5) is 10.6 Å². The predicted octanol–water partition coefficient (Wildman–Crippen LogP) is 2.27. The van der Waals surface area contributed by atoms with E-state index in [1.54, 1.807) is 7.05 Å². The van der Waals surface area contributed by atoms with Crippen molar-refractivity contribution in [1.29, 1.82) is 0 Å². The van der Waals surface area contributed by atoms with E-state index in [0.29, 0.717) is 12.4 Å². The summed E-state index contributed by atoms with van der Waals surface area (Å²) in [6.07, 6.45) is 1.66. The topological polar surface area (TPSA) is 91.3 Å². The Morgan fingerprint density at radius 3 is 2.25 bits per heavy atom. The second kappa shape index (κ2) is 8.51. The predicted molar refractivity (Wildman–Crippen MR) is 112 cm³/mol. The van der Waals surface area contributed by atoms with Crippen molar-refractivity contribution in [1.82, 2.24) is 25.3 Å². The van der Waals surface area contributed by atoms with Crippen LogP contribution in [0.15, 0.2) is 6.07 Å². The smallest absolute Gasteiger partial charge is 0.320 e. The lowest BCUT2D eigenvalue weighted by Crippen LogP contribution is -2.48. The first-order chi connectivity index (χ1) is 12.9. The van der Waals surface area contributed by atoms with Crippen molar-refractivity contribution in [3.05, 3.63) is 11.8 Å². The Morgan fingerprint density at radius 1 is 1.14 bits per heavy atom. The highest BCUT2D eigenvalue weighted by Gasteiger charge is 2.27. The van der Waals surface area contributed by atoms with Gasteiger partial charge in [-0.3, -0.25) is 15.0 Å². The molecule has 2 rings (SSSR count). The summed E-state index contributed by atoms with van der Waals surface area (Å²) in [5.74, 6) is 0.723. The van der Waals surface area contributed by atoms with E-state index in [1.807, 2.05) is 10.7 Å². The summed E-state index contributed by atoms with van der Waals surface area (Å²) in [5, 5.41) is 13.4. The van der Waals surface area contributed by atoms with Gasteiger partial charge >= 0.3 is 6.03 Å². The molecule has 1 fully saturated rings. The Balaban J connectivity index is 1.97. The molecule has 8 nitrogen and oxygen atoms in total. The fourth-order valence-electron chi connectivity index (χ4n) is 3.20. The van der Waals surface area contributed by atoms with Crippen molar-refractivity contribution in [3.63, 3.8) is 0 Å². The van der Waals surface area contributed by atoms with Gasteiger partial charge in [-0.25, -0.2) is 9.48 Å². The van der Waals surface area contributed by atoms with Crippen molar-refractivity contribution < 1.29 is 9.59 Å². The molecule has 8 heteroatoms. The van der Waals surface area contributed by atoms with E-state index in [4.69, 9.17) is 5.10 Å². The summed E-state index contributed by atoms with van der Waals surface area (Å²) in [5.41, 5.74) is 0.610. The van der Waals surface area contributed by atoms with Crippen LogP contribution in [0.25, 0.3) is 0 Å². The van der Waals surface area contributed by atoms with Gasteiger partial charge < -0.3 is 10.6 Å². The lowest BCUT2D eigenvalue weighted by atomic mass is 9.92. The van der Waals surface area contributed by atoms with Crippen LogP contribution in [0, 0.1) is 0 Å². The van der Waals surface area contributed by atoms with Gasteiger partial charge in [0.2, 0.25) is 5.91 Å². The minimum Gasteiger partial charge on any atom is -0.358 e. The first-order valence-corrected chi connectivity index (χ1v) is 10.0. The Hall–Kier alpha value is -2.09. The molecule has 0 bridgehead atoms. The Bertz CT molecular complexity index is 691. The average molecular weight is 393 g/mol. The van der Waals surface area contributed by atoms with Gasteiger partial charge in [-0.05, 0) is 33.6 Å². The summed E-state index contributed by atoms with van der Waals surface area (Å²) in [6.45, 7) is 14.5. The normalized spacial score (nSPS) is 16.7. The SMILES string of the molecule is CNC(=O)CN1CCC(NC(=O)Nc2cc(C(C)(C)C)nn2C(C)(C)C)CC1. The first kappa shape index (κ1) is 22.2. The van der Waals surface area contributed by atoms with Crippen LogP contribution in [0.2, 0.25) is 0 Å². The van der Waals surface area contributed by atoms with Gasteiger partial charge in [-0.15, -0.1) is 0 Å². The van der Waals surface area contributed by atoms with Crippen LogP contribution >= 0.6 is 0 Å². The molecule has 28 heavy (non-hydrogen) atoms. The fourth-order valence-corrected chi connectivity index (χ4v) is 3.20. The van der Waals surface area contributed by atoms with Crippen LogP contribution in [-0.4, -0.2) is 59.3 Å². The standard InChI is InChI=1S/C20H36N6O2/c1-19(2,3)15-12-16(26(24-15)20(4,5)6)23-18(28)22-14-8-10-25(11-9-14)13-17(27)21-7/h12,14H,8-11,13H2,1-7H3,(H,21,27)(H2,22,23,28). The molecule has 1 aromatic heterocycles. The minimum atomic E-state index is -0.239. The molecule has 1 aromatic rings. The third kappa shape index (κ3) is 5.95. The zero-order valence-electron chi connectivity index (χ0n) is 18.3. The summed E-state index contributed by atoms with van der Waals surface area (Å²) in [4.78, 5) is 26.2. The summed E-state index contributed by atoms with van der Waals surface area (Å²) >= 11 is 0. The molecule has 158 valence electrons. The maximum absolute atomic E-state index is 12.6. The van der Waals surface area contributed by atoms with Crippen LogP contribution in [0.3, 0.4) is 0 Å². The number of hydrogen-bond donors (Lipinski definition) is 3. The lowest BCUT2D eigenvalue weighted by molar-refractivity contribution is -0.122. The van der Waals surface area contributed by atoms with Crippen molar-refractivity contribution >= 4 is 17.8 Å². The molecular formula is C20H36N6O2. The van der Waals surface area contributed by atoms with Crippen molar-refractivity contribution in [2.75, 3.05) is 32.0 Å². The van der Waals surface area contributed by atoms with Crippen molar-refractivity contribution in [2.45, 2.75) is 71.4 Å². The Kier molecular flexibility index (Phi) is 6.75. The molecule has 1 aliphatic rings. The Morgan fingerprint density at radius 2 is 1.75 bits per heavy atom. The van der Waals surface area contributed by atoms with E-state index in [9.17, 15) is 9.59 Å². The van der Waals surface area contributed by atoms with Crippen LogP contribution in [0.5, 0.6) is 0 Å². The molecule has 2 heterocycles. The molecule has 0 aromatic carbocycles. The number of aromatic nitrogens is 2. The second-order valence-electron chi connectivity index (χ2n) is 9.57. The molecule has 0 unspecified atom stereocenters. The quantitative estimate of drug-likeness (QED) is 0.733. The number of hydrogen-bond acceptors (Lipinski definition) is 4. The van der Waals surface area contributed by atoms with Gasteiger partial charge in [0.05, 0.1) is 17.8 Å². The number of likely N-dealkylation sites (N-methyl/N-ethyl adjacent to an activating group) is 1. The van der Waals surface area contributed by atoms with Crippen molar-refractivity contribution in [2.24, 2.45) is 0 Å². The number of carbonyl (C=O) groups is 2. The number of urea groups is 1. The number of piperidine rings is 1. The lowest BCUT2D eigenvalue weighted by Gasteiger charge is -2.31. The maximum atomic E-state index is 12.6. The molecule has 0 radical (unpaired) electrons. The number of anilines is 1. The molecule has 0 atom stereocenters. The van der Waals surface area contributed by atoms with Gasteiger partial charge in [0.25, 0.3) is 0 Å². The van der Waals surface area contributed by atoms with E-state index >= 15 is 0 Å². The van der Waals surface area contributed by atoms with E-state index in [-0.39, 0.29) is 28.9 Å². The first-order valence-electron chi connectivity index (χ1n) is 10.0. The molecular weight excluding hydrogens is 356 g/mol. The molecule has 1 aliphatic heterocycles. The zero-order valence-corrected chi connectivity index (χ0v) is 18.3. The molecule has 1 saturated heterocycles. The highest BCUT2D eigenvalue weighted by atomic mass is 16.2. The van der Waals surface area contributed by atoms with Gasteiger partial charge in [-0.2, -0.15) is 5.10 Å². The third-order valence-corrected chi connectivity index (χ3v) is 4.92. The summed E-state index contributed by atoms with van der Waals surface area (Å²) in [6, 6.07) is 1.85. The molecule has 0 aliphatic carbocycles. The minimum absolute atomic E-state index is 0.0225. The van der Waals surface area contributed by atoms with E-state index < -0.39 is 0 Å². The van der Waals surface area contributed by atoms with Gasteiger partial charge in [0.1, 0.15) is 5.82 Å². The number of carbonyl (C=O) groups excluding carboxylic acids is 2. The molecule has 0 saturated carbocycles. The molecule has 3 amide bonds. The number of likely N-dealkylation sites (tertiary alicyclic amines) is 1. The van der Waals surface area contributed by atoms with E-state index in [1.165, 1.54) is 0 Å². The molecule has 0 spiro atoms. The van der Waals surface area contributed by atoms with E-state index in [2.05, 4.69) is 62.4 Å². The van der Waals surface area contributed by atoms with Crippen molar-refractivity contribution in [3.8, 4) is 0 Å². The van der Waals surface area contributed by atoms with Crippen LogP contribution in [-0.2, 0) is 15.7 Å². The Labute approximate surface area is 168 Å². The second-order valence-corrected chi connectivity index (χ2v) is 9.57. The largest absolute Gasteiger partial charge is 0.358 e. The number of nitrogens with one attached hydrogen (secondary N) is 3. The highest BCUT2D eigenvalue weighted by Crippen LogP contribution is 2.28. The van der Waals surface area contributed by atoms with Crippen LogP contribution < -0.4 is 16.0 Å². The number of nitrogens with zero attached hydrogens (tertiary/aromatic N) is 3. The average Bonchev–Trinajstić information content (AvgIpc) is 3.00. The number of amides is 3. The number of rotatable bonds is 4. The summed E-state index contributed by atoms with van der Waals surface area (Å²) < 4.78 is 1.87. The van der Waals surface area contributed by atoms with E-state index in [0.717, 1.165) is 31.6 Å². The summed E-state index contributed by atoms with van der Waals surface area (Å²) in [7, 11) is 1.65. The fraction of sp³-hybridized carbons (Fsp3) is 0.750. The van der Waals surface area contributed by atoms with Gasteiger partial charge in [0.15, 0.2) is 0 Å². The monoisotopic (exact) mass is 392 g/mol. The third-order valence-electron chi connectivity index (χ3n) is 4.92. The van der Waals surface area contributed by atoms with Gasteiger partial charge in [0, 0.05) is 37.7 Å².